The van der Waals surface area contributed by atoms with Gasteiger partial charge in [0.15, 0.2) is 0 Å². The summed E-state index contributed by atoms with van der Waals surface area (Å²) < 4.78 is 1.39. The molecule has 0 aromatic carbocycles. The van der Waals surface area contributed by atoms with Crippen molar-refractivity contribution in [1.29, 1.82) is 0 Å². The molecule has 5 nitrogen and oxygen atoms in total. The molecule has 0 fully saturated rings. The number of amides is 1. The quantitative estimate of drug-likeness (QED) is 0.732. The van der Waals surface area contributed by atoms with Crippen molar-refractivity contribution in [2.24, 2.45) is 5.92 Å². The predicted octanol–water partition coefficient (Wildman–Crippen LogP) is 3.35. The number of hydrogen-bond donors (Lipinski definition) is 1. The SMILES string of the molecule is CC(C)CCNC(=O)Cn1cnc2scc(-c3cccs3)c2c1=O. The highest BCUT2D eigenvalue weighted by molar-refractivity contribution is 7.18. The van der Waals surface area contributed by atoms with Crippen LogP contribution in [-0.4, -0.2) is 22.0 Å². The van der Waals surface area contributed by atoms with Crippen LogP contribution in [0, 0.1) is 5.92 Å². The fourth-order valence-electron chi connectivity index (χ4n) is 2.40. The second-order valence-corrected chi connectivity index (χ2v) is 7.82. The lowest BCUT2D eigenvalue weighted by atomic mass is 10.1. The van der Waals surface area contributed by atoms with Crippen LogP contribution in [0.4, 0.5) is 0 Å². The fourth-order valence-corrected chi connectivity index (χ4v) is 4.13. The van der Waals surface area contributed by atoms with Crippen molar-refractivity contribution in [3.63, 3.8) is 0 Å². The minimum Gasteiger partial charge on any atom is -0.355 e. The lowest BCUT2D eigenvalue weighted by molar-refractivity contribution is -0.121. The maximum absolute atomic E-state index is 12.8. The van der Waals surface area contributed by atoms with Crippen molar-refractivity contribution in [2.75, 3.05) is 6.54 Å². The average molecular weight is 361 g/mol. The van der Waals surface area contributed by atoms with Crippen molar-refractivity contribution in [2.45, 2.75) is 26.8 Å². The zero-order valence-corrected chi connectivity index (χ0v) is 15.2. The first-order chi connectivity index (χ1) is 11.6. The van der Waals surface area contributed by atoms with Gasteiger partial charge in [0.05, 0.1) is 11.7 Å². The van der Waals surface area contributed by atoms with E-state index < -0.39 is 0 Å². The monoisotopic (exact) mass is 361 g/mol. The van der Waals surface area contributed by atoms with Gasteiger partial charge in [-0.05, 0) is 23.8 Å². The van der Waals surface area contributed by atoms with Crippen molar-refractivity contribution in [1.82, 2.24) is 14.9 Å². The molecule has 0 aliphatic carbocycles. The van der Waals surface area contributed by atoms with Gasteiger partial charge in [0.1, 0.15) is 11.4 Å². The molecule has 3 heterocycles. The Hall–Kier alpha value is -1.99. The molecular formula is C17H19N3O2S2. The van der Waals surface area contributed by atoms with Crippen molar-refractivity contribution < 1.29 is 4.79 Å². The van der Waals surface area contributed by atoms with Gasteiger partial charge < -0.3 is 5.32 Å². The Morgan fingerprint density at radius 1 is 1.38 bits per heavy atom. The Kier molecular flexibility index (Phi) is 5.11. The van der Waals surface area contributed by atoms with Crippen molar-refractivity contribution >= 4 is 38.8 Å². The largest absolute Gasteiger partial charge is 0.355 e. The van der Waals surface area contributed by atoms with Crippen LogP contribution in [0.5, 0.6) is 0 Å². The highest BCUT2D eigenvalue weighted by Gasteiger charge is 2.15. The Balaban J connectivity index is 1.85. The maximum Gasteiger partial charge on any atom is 0.263 e. The van der Waals surface area contributed by atoms with Crippen LogP contribution in [-0.2, 0) is 11.3 Å². The number of fused-ring (bicyclic) bond motifs is 1. The summed E-state index contributed by atoms with van der Waals surface area (Å²) in [6, 6.07) is 3.95. The van der Waals surface area contributed by atoms with Gasteiger partial charge in [-0.3, -0.25) is 14.2 Å². The predicted molar refractivity (Wildman–Crippen MR) is 99.7 cm³/mol. The van der Waals surface area contributed by atoms with Crippen LogP contribution in [0.15, 0.2) is 34.0 Å². The van der Waals surface area contributed by atoms with Crippen LogP contribution in [0.1, 0.15) is 20.3 Å². The molecule has 3 rings (SSSR count). The van der Waals surface area contributed by atoms with Gasteiger partial charge in [-0.15, -0.1) is 22.7 Å². The first-order valence-electron chi connectivity index (χ1n) is 7.83. The Morgan fingerprint density at radius 2 is 2.21 bits per heavy atom. The molecule has 24 heavy (non-hydrogen) atoms. The molecule has 0 atom stereocenters. The molecule has 0 aliphatic rings. The molecule has 1 amide bonds. The summed E-state index contributed by atoms with van der Waals surface area (Å²) in [5.74, 6) is 0.372. The van der Waals surface area contributed by atoms with E-state index in [9.17, 15) is 9.59 Å². The van der Waals surface area contributed by atoms with E-state index >= 15 is 0 Å². The minimum absolute atomic E-state index is 0.000401. The first kappa shape index (κ1) is 16.9. The molecule has 7 heteroatoms. The van der Waals surface area contributed by atoms with Crippen LogP contribution < -0.4 is 10.9 Å². The molecule has 3 aromatic rings. The van der Waals surface area contributed by atoms with E-state index in [1.165, 1.54) is 22.2 Å². The molecule has 0 spiro atoms. The summed E-state index contributed by atoms with van der Waals surface area (Å²) >= 11 is 3.04. The topological polar surface area (TPSA) is 64.0 Å². The zero-order chi connectivity index (χ0) is 17.1. The number of rotatable bonds is 6. The molecule has 126 valence electrons. The van der Waals surface area contributed by atoms with E-state index in [4.69, 9.17) is 0 Å². The normalized spacial score (nSPS) is 11.3. The number of hydrogen-bond acceptors (Lipinski definition) is 5. The van der Waals surface area contributed by atoms with Crippen molar-refractivity contribution in [3.8, 4) is 10.4 Å². The molecule has 0 unspecified atom stereocenters. The third-order valence-corrected chi connectivity index (χ3v) is 5.49. The lowest BCUT2D eigenvalue weighted by Crippen LogP contribution is -2.33. The summed E-state index contributed by atoms with van der Waals surface area (Å²) in [7, 11) is 0. The average Bonchev–Trinajstić information content (AvgIpc) is 3.18. The van der Waals surface area contributed by atoms with E-state index in [-0.39, 0.29) is 18.0 Å². The number of carbonyl (C=O) groups is 1. The molecule has 0 radical (unpaired) electrons. The van der Waals surface area contributed by atoms with Gasteiger partial charge in [0.2, 0.25) is 5.91 Å². The van der Waals surface area contributed by atoms with Gasteiger partial charge in [-0.25, -0.2) is 4.98 Å². The summed E-state index contributed by atoms with van der Waals surface area (Å²) in [4.78, 5) is 30.9. The summed E-state index contributed by atoms with van der Waals surface area (Å²) in [5, 5.41) is 7.39. The summed E-state index contributed by atoms with van der Waals surface area (Å²) in [6.45, 7) is 4.84. The molecule has 3 aromatic heterocycles. The van der Waals surface area contributed by atoms with Crippen LogP contribution in [0.3, 0.4) is 0 Å². The molecule has 0 saturated heterocycles. The van der Waals surface area contributed by atoms with Crippen LogP contribution >= 0.6 is 22.7 Å². The van der Waals surface area contributed by atoms with E-state index in [2.05, 4.69) is 24.1 Å². The second-order valence-electron chi connectivity index (χ2n) is 6.02. The van der Waals surface area contributed by atoms with Crippen molar-refractivity contribution in [3.05, 3.63) is 39.6 Å². The third kappa shape index (κ3) is 3.57. The zero-order valence-electron chi connectivity index (χ0n) is 13.6. The number of thiophene rings is 2. The molecular weight excluding hydrogens is 342 g/mol. The smallest absolute Gasteiger partial charge is 0.263 e. The maximum atomic E-state index is 12.8. The minimum atomic E-state index is -0.163. The molecule has 1 N–H and O–H groups in total. The highest BCUT2D eigenvalue weighted by Crippen LogP contribution is 2.33. The van der Waals surface area contributed by atoms with Gasteiger partial charge >= 0.3 is 0 Å². The van der Waals surface area contributed by atoms with Gasteiger partial charge in [0, 0.05) is 22.4 Å². The first-order valence-corrected chi connectivity index (χ1v) is 9.59. The Labute approximate surface area is 148 Å². The summed E-state index contributed by atoms with van der Waals surface area (Å²) in [6.07, 6.45) is 2.38. The van der Waals surface area contributed by atoms with Gasteiger partial charge in [0.25, 0.3) is 5.56 Å². The van der Waals surface area contributed by atoms with Crippen LogP contribution in [0.25, 0.3) is 20.7 Å². The molecule has 0 saturated carbocycles. The Morgan fingerprint density at radius 3 is 2.92 bits per heavy atom. The highest BCUT2D eigenvalue weighted by atomic mass is 32.1. The molecule has 0 bridgehead atoms. The fraction of sp³-hybridized carbons (Fsp3) is 0.353. The summed E-state index contributed by atoms with van der Waals surface area (Å²) in [5.41, 5.74) is 0.737. The van der Waals surface area contributed by atoms with E-state index in [1.807, 2.05) is 22.9 Å². The van der Waals surface area contributed by atoms with Gasteiger partial charge in [-0.2, -0.15) is 0 Å². The number of nitrogens with zero attached hydrogens (tertiary/aromatic N) is 2. The standard InChI is InChI=1S/C17H19N3O2S2/c1-11(2)5-6-18-14(21)8-20-10-19-16-15(17(20)22)12(9-24-16)13-4-3-7-23-13/h3-4,7,9-11H,5-6,8H2,1-2H3,(H,18,21). The van der Waals surface area contributed by atoms with E-state index in [0.29, 0.717) is 22.7 Å². The van der Waals surface area contributed by atoms with E-state index in [1.54, 1.807) is 11.3 Å². The van der Waals surface area contributed by atoms with Crippen LogP contribution in [0.2, 0.25) is 0 Å². The van der Waals surface area contributed by atoms with Gasteiger partial charge in [-0.1, -0.05) is 19.9 Å². The number of carbonyl (C=O) groups excluding carboxylic acids is 1. The Bertz CT molecular complexity index is 894. The lowest BCUT2D eigenvalue weighted by Gasteiger charge is -2.08. The number of aromatic nitrogens is 2. The second kappa shape index (κ2) is 7.27. The molecule has 0 aliphatic heterocycles. The van der Waals surface area contributed by atoms with E-state index in [0.717, 1.165) is 16.9 Å². The third-order valence-electron chi connectivity index (χ3n) is 3.71. The number of nitrogens with one attached hydrogen (secondary N) is 1.